The van der Waals surface area contributed by atoms with Crippen molar-refractivity contribution in [1.29, 1.82) is 0 Å². The zero-order chi connectivity index (χ0) is 13.9. The number of ether oxygens (including phenoxy) is 1. The van der Waals surface area contributed by atoms with E-state index in [-0.39, 0.29) is 0 Å². The Balaban J connectivity index is 2.02. The molecule has 1 heterocycles. The molecule has 3 rings (SSSR count). The van der Waals surface area contributed by atoms with Crippen molar-refractivity contribution in [2.24, 2.45) is 0 Å². The van der Waals surface area contributed by atoms with Crippen molar-refractivity contribution in [1.82, 2.24) is 0 Å². The number of carbonyl (C=O) groups excluding carboxylic acids is 1. The molecule has 20 heavy (non-hydrogen) atoms. The third kappa shape index (κ3) is 2.31. The van der Waals surface area contributed by atoms with Gasteiger partial charge in [0.05, 0.1) is 5.56 Å². The van der Waals surface area contributed by atoms with Crippen molar-refractivity contribution in [3.8, 4) is 5.75 Å². The van der Waals surface area contributed by atoms with Crippen molar-refractivity contribution in [2.45, 2.75) is 0 Å². The second-order valence-electron chi connectivity index (χ2n) is 4.17. The quantitative estimate of drug-likeness (QED) is 0.406. The molecule has 4 heteroatoms. The van der Waals surface area contributed by atoms with Gasteiger partial charge in [-0.25, -0.2) is 9.59 Å². The summed E-state index contributed by atoms with van der Waals surface area (Å²) in [5.74, 6) is -0.0254. The van der Waals surface area contributed by atoms with Crippen LogP contribution in [0.3, 0.4) is 0 Å². The van der Waals surface area contributed by atoms with Gasteiger partial charge in [-0.3, -0.25) is 0 Å². The van der Waals surface area contributed by atoms with Crippen LogP contribution in [0.15, 0.2) is 69.9 Å². The lowest BCUT2D eigenvalue weighted by atomic mass is 10.1. The minimum Gasteiger partial charge on any atom is -0.423 e. The summed E-state index contributed by atoms with van der Waals surface area (Å²) in [4.78, 5) is 23.3. The molecule has 0 radical (unpaired) electrons. The molecule has 0 aliphatic rings. The van der Waals surface area contributed by atoms with Crippen LogP contribution in [-0.4, -0.2) is 5.97 Å². The SMILES string of the molecule is O=C(Oc1ccccc1)c1cccc2oc(=O)ccc12. The first-order valence-corrected chi connectivity index (χ1v) is 6.04. The maximum Gasteiger partial charge on any atom is 0.344 e. The summed E-state index contributed by atoms with van der Waals surface area (Å²) in [6.07, 6.45) is 0. The third-order valence-corrected chi connectivity index (χ3v) is 2.84. The molecule has 0 saturated heterocycles. The topological polar surface area (TPSA) is 56.5 Å². The van der Waals surface area contributed by atoms with Gasteiger partial charge in [-0.15, -0.1) is 0 Å². The molecule has 3 aromatic rings. The number of benzene rings is 2. The van der Waals surface area contributed by atoms with Gasteiger partial charge < -0.3 is 9.15 Å². The second kappa shape index (κ2) is 5.01. The zero-order valence-electron chi connectivity index (χ0n) is 10.4. The summed E-state index contributed by atoms with van der Waals surface area (Å²) in [6, 6.07) is 16.5. The lowest BCUT2D eigenvalue weighted by molar-refractivity contribution is 0.0736. The maximum atomic E-state index is 12.2. The number of rotatable bonds is 2. The van der Waals surface area contributed by atoms with Crippen LogP contribution in [0.2, 0.25) is 0 Å². The summed E-state index contributed by atoms with van der Waals surface area (Å²) in [5.41, 5.74) is 0.265. The van der Waals surface area contributed by atoms with Crippen molar-refractivity contribution in [2.75, 3.05) is 0 Å². The lowest BCUT2D eigenvalue weighted by Gasteiger charge is -2.06. The fourth-order valence-electron chi connectivity index (χ4n) is 1.93. The Bertz CT molecular complexity index is 819. The molecule has 0 aliphatic carbocycles. The van der Waals surface area contributed by atoms with Crippen LogP contribution in [0.1, 0.15) is 10.4 Å². The Kier molecular flexibility index (Phi) is 3.05. The summed E-state index contributed by atoms with van der Waals surface area (Å²) in [5, 5.41) is 0.549. The summed E-state index contributed by atoms with van der Waals surface area (Å²) < 4.78 is 10.3. The Morgan fingerprint density at radius 3 is 2.50 bits per heavy atom. The summed E-state index contributed by atoms with van der Waals surface area (Å²) in [6.45, 7) is 0. The van der Waals surface area contributed by atoms with Crippen LogP contribution in [0, 0.1) is 0 Å². The molecule has 0 aliphatic heterocycles. The second-order valence-corrected chi connectivity index (χ2v) is 4.17. The number of esters is 1. The molecular formula is C16H10O4. The molecule has 0 saturated carbocycles. The van der Waals surface area contributed by atoms with E-state index in [0.717, 1.165) is 0 Å². The molecule has 98 valence electrons. The fourth-order valence-corrected chi connectivity index (χ4v) is 1.93. The van der Waals surface area contributed by atoms with E-state index in [1.165, 1.54) is 6.07 Å². The van der Waals surface area contributed by atoms with E-state index in [4.69, 9.17) is 9.15 Å². The zero-order valence-corrected chi connectivity index (χ0v) is 10.4. The van der Waals surface area contributed by atoms with Gasteiger partial charge in [-0.2, -0.15) is 0 Å². The van der Waals surface area contributed by atoms with E-state index >= 15 is 0 Å². The third-order valence-electron chi connectivity index (χ3n) is 2.84. The van der Waals surface area contributed by atoms with Gasteiger partial charge in [0.25, 0.3) is 0 Å². The van der Waals surface area contributed by atoms with Crippen molar-refractivity contribution < 1.29 is 13.9 Å². The van der Waals surface area contributed by atoms with E-state index in [1.54, 1.807) is 48.5 Å². The molecule has 0 atom stereocenters. The molecular weight excluding hydrogens is 256 g/mol. The molecule has 0 spiro atoms. The Hall–Kier alpha value is -2.88. The van der Waals surface area contributed by atoms with E-state index in [0.29, 0.717) is 22.3 Å². The van der Waals surface area contributed by atoms with Gasteiger partial charge in [0.15, 0.2) is 0 Å². The molecule has 0 unspecified atom stereocenters. The highest BCUT2D eigenvalue weighted by Crippen LogP contribution is 2.19. The minimum atomic E-state index is -0.490. The van der Waals surface area contributed by atoms with Crippen LogP contribution < -0.4 is 10.4 Å². The number of carbonyl (C=O) groups is 1. The van der Waals surface area contributed by atoms with Crippen LogP contribution >= 0.6 is 0 Å². The molecule has 0 N–H and O–H groups in total. The Morgan fingerprint density at radius 2 is 1.70 bits per heavy atom. The molecule has 0 amide bonds. The highest BCUT2D eigenvalue weighted by Gasteiger charge is 2.13. The van der Waals surface area contributed by atoms with Crippen LogP contribution in [-0.2, 0) is 0 Å². The minimum absolute atomic E-state index is 0.357. The number of para-hydroxylation sites is 1. The van der Waals surface area contributed by atoms with Crippen molar-refractivity contribution in [3.63, 3.8) is 0 Å². The van der Waals surface area contributed by atoms with Crippen molar-refractivity contribution in [3.05, 3.63) is 76.6 Å². The van der Waals surface area contributed by atoms with E-state index < -0.39 is 11.6 Å². The van der Waals surface area contributed by atoms with E-state index in [9.17, 15) is 9.59 Å². The Morgan fingerprint density at radius 1 is 0.900 bits per heavy atom. The van der Waals surface area contributed by atoms with E-state index in [2.05, 4.69) is 0 Å². The van der Waals surface area contributed by atoms with Gasteiger partial charge in [0.1, 0.15) is 11.3 Å². The highest BCUT2D eigenvalue weighted by atomic mass is 16.5. The summed E-state index contributed by atoms with van der Waals surface area (Å²) in [7, 11) is 0. The predicted molar refractivity (Wildman–Crippen MR) is 73.9 cm³/mol. The Labute approximate surface area is 114 Å². The normalized spacial score (nSPS) is 10.4. The number of fused-ring (bicyclic) bond motifs is 1. The predicted octanol–water partition coefficient (Wildman–Crippen LogP) is 3.01. The standard InChI is InChI=1S/C16H10O4/c17-15-10-9-12-13(7-4-8-14(12)20-15)16(18)19-11-5-2-1-3-6-11/h1-10H. The largest absolute Gasteiger partial charge is 0.423 e. The smallest absolute Gasteiger partial charge is 0.344 e. The van der Waals surface area contributed by atoms with Crippen molar-refractivity contribution >= 4 is 16.9 Å². The van der Waals surface area contributed by atoms with Gasteiger partial charge in [-0.1, -0.05) is 24.3 Å². The molecule has 4 nitrogen and oxygen atoms in total. The summed E-state index contributed by atoms with van der Waals surface area (Å²) >= 11 is 0. The highest BCUT2D eigenvalue weighted by molar-refractivity contribution is 6.03. The van der Waals surface area contributed by atoms with Gasteiger partial charge in [0, 0.05) is 11.5 Å². The van der Waals surface area contributed by atoms with Gasteiger partial charge in [0.2, 0.25) is 0 Å². The van der Waals surface area contributed by atoms with E-state index in [1.807, 2.05) is 6.07 Å². The first kappa shape index (κ1) is 12.2. The molecule has 1 aromatic heterocycles. The monoisotopic (exact) mass is 266 g/mol. The van der Waals surface area contributed by atoms with Gasteiger partial charge >= 0.3 is 11.6 Å². The number of hydrogen-bond acceptors (Lipinski definition) is 4. The van der Waals surface area contributed by atoms with Crippen LogP contribution in [0.4, 0.5) is 0 Å². The molecule has 0 fully saturated rings. The molecule has 0 bridgehead atoms. The number of hydrogen-bond donors (Lipinski definition) is 0. The van der Waals surface area contributed by atoms with Crippen LogP contribution in [0.25, 0.3) is 11.0 Å². The van der Waals surface area contributed by atoms with Crippen LogP contribution in [0.5, 0.6) is 5.75 Å². The molecule has 2 aromatic carbocycles. The first-order chi connectivity index (χ1) is 9.74. The van der Waals surface area contributed by atoms with Gasteiger partial charge in [-0.05, 0) is 30.3 Å². The first-order valence-electron chi connectivity index (χ1n) is 6.04. The average molecular weight is 266 g/mol. The maximum absolute atomic E-state index is 12.2. The average Bonchev–Trinajstić information content (AvgIpc) is 2.47. The fraction of sp³-hybridized carbons (Fsp3) is 0. The lowest BCUT2D eigenvalue weighted by Crippen LogP contribution is -2.09.